The molecule has 1 fully saturated rings. The maximum atomic E-state index is 13.4. The lowest BCUT2D eigenvalue weighted by molar-refractivity contribution is -0.112. The van der Waals surface area contributed by atoms with Crippen molar-refractivity contribution in [1.82, 2.24) is 14.6 Å². The van der Waals surface area contributed by atoms with Gasteiger partial charge >= 0.3 is 0 Å². The van der Waals surface area contributed by atoms with Crippen LogP contribution < -0.4 is 10.5 Å². The van der Waals surface area contributed by atoms with Gasteiger partial charge in [-0.3, -0.25) is 19.4 Å². The van der Waals surface area contributed by atoms with Gasteiger partial charge in [0.25, 0.3) is 11.5 Å². The van der Waals surface area contributed by atoms with Gasteiger partial charge in [-0.1, -0.05) is 34.1 Å². The number of ether oxygens (including phenoxy) is 1. The summed E-state index contributed by atoms with van der Waals surface area (Å²) in [6.45, 7) is 4.99. The fraction of sp³-hybridized carbons (Fsp3) is 0.273. The average molecular weight is 482 g/mol. The molecular formula is C22H20BrN5O3. The zero-order valence-electron chi connectivity index (χ0n) is 16.9. The Kier molecular flexibility index (Phi) is 5.17. The number of amides is 1. The highest BCUT2D eigenvalue weighted by atomic mass is 79.9. The average Bonchev–Trinajstić information content (AvgIpc) is 3.04. The molecule has 2 aliphatic heterocycles. The van der Waals surface area contributed by atoms with Gasteiger partial charge < -0.3 is 4.74 Å². The lowest BCUT2D eigenvalue weighted by atomic mass is 10.1. The second-order valence-electron chi connectivity index (χ2n) is 7.51. The highest BCUT2D eigenvalue weighted by Gasteiger charge is 2.35. The molecule has 5 rings (SSSR count). The number of hydrogen-bond donors (Lipinski definition) is 0. The van der Waals surface area contributed by atoms with E-state index in [2.05, 4.69) is 30.9 Å². The van der Waals surface area contributed by atoms with Crippen LogP contribution in [0.4, 0.5) is 5.69 Å². The molecule has 0 saturated carbocycles. The molecule has 0 N–H and O–H groups in total. The molecular weight excluding hydrogens is 462 g/mol. The summed E-state index contributed by atoms with van der Waals surface area (Å²) in [6, 6.07) is 12.9. The van der Waals surface area contributed by atoms with Crippen LogP contribution in [0.3, 0.4) is 0 Å². The first-order chi connectivity index (χ1) is 15.0. The van der Waals surface area contributed by atoms with Gasteiger partial charge in [0, 0.05) is 23.1 Å². The molecule has 8 nitrogen and oxygen atoms in total. The van der Waals surface area contributed by atoms with Gasteiger partial charge in [-0.25, -0.2) is 4.98 Å². The normalized spacial score (nSPS) is 18.2. The molecule has 1 aromatic heterocycles. The number of nitrogens with zero attached hydrogens (tertiary/aromatic N) is 5. The van der Waals surface area contributed by atoms with E-state index < -0.39 is 0 Å². The van der Waals surface area contributed by atoms with E-state index >= 15 is 0 Å². The second kappa shape index (κ2) is 7.99. The molecule has 2 aliphatic rings. The predicted octanol–water partition coefficient (Wildman–Crippen LogP) is 2.36. The molecule has 0 atom stereocenters. The van der Waals surface area contributed by atoms with Crippen LogP contribution in [0.5, 0.6) is 0 Å². The Hall–Kier alpha value is -2.88. The summed E-state index contributed by atoms with van der Waals surface area (Å²) in [5, 5.41) is 4.95. The van der Waals surface area contributed by atoms with E-state index in [9.17, 15) is 9.59 Å². The summed E-state index contributed by atoms with van der Waals surface area (Å²) in [6.07, 6.45) is 0. The number of carbonyl (C=O) groups excluding carboxylic acids is 1. The van der Waals surface area contributed by atoms with Gasteiger partial charge in [0.05, 0.1) is 36.5 Å². The fourth-order valence-electron chi connectivity index (χ4n) is 3.92. The van der Waals surface area contributed by atoms with Crippen LogP contribution in [0.15, 0.2) is 56.8 Å². The van der Waals surface area contributed by atoms with E-state index in [1.165, 1.54) is 4.68 Å². The van der Waals surface area contributed by atoms with Crippen LogP contribution in [0.2, 0.25) is 0 Å². The highest BCUT2D eigenvalue weighted by molar-refractivity contribution is 9.10. The van der Waals surface area contributed by atoms with Crippen molar-refractivity contribution in [2.75, 3.05) is 37.9 Å². The van der Waals surface area contributed by atoms with Gasteiger partial charge in [0.1, 0.15) is 5.82 Å². The molecule has 158 valence electrons. The lowest BCUT2D eigenvalue weighted by Gasteiger charge is -2.30. The van der Waals surface area contributed by atoms with E-state index in [1.54, 1.807) is 24.0 Å². The first kappa shape index (κ1) is 20.0. The molecule has 0 spiro atoms. The second-order valence-corrected chi connectivity index (χ2v) is 8.42. The first-order valence-electron chi connectivity index (χ1n) is 10.0. The van der Waals surface area contributed by atoms with Gasteiger partial charge in [-0.2, -0.15) is 9.78 Å². The van der Waals surface area contributed by atoms with Gasteiger partial charge in [-0.15, -0.1) is 0 Å². The van der Waals surface area contributed by atoms with E-state index in [1.807, 2.05) is 30.3 Å². The quantitative estimate of drug-likeness (QED) is 0.573. The van der Waals surface area contributed by atoms with Crippen LogP contribution in [0.25, 0.3) is 10.9 Å². The third kappa shape index (κ3) is 3.58. The van der Waals surface area contributed by atoms with Crippen molar-refractivity contribution in [1.29, 1.82) is 0 Å². The van der Waals surface area contributed by atoms with E-state index in [-0.39, 0.29) is 17.2 Å². The molecule has 0 bridgehead atoms. The monoisotopic (exact) mass is 481 g/mol. The largest absolute Gasteiger partial charge is 0.379 e. The number of fused-ring (bicyclic) bond motifs is 2. The van der Waals surface area contributed by atoms with Crippen molar-refractivity contribution in [3.8, 4) is 0 Å². The Morgan fingerprint density at radius 1 is 1.13 bits per heavy atom. The lowest BCUT2D eigenvalue weighted by Crippen LogP contribution is -2.46. The van der Waals surface area contributed by atoms with Crippen LogP contribution >= 0.6 is 15.9 Å². The molecule has 1 saturated heterocycles. The number of aryl methyl sites for hydroxylation is 1. The van der Waals surface area contributed by atoms with Crippen molar-refractivity contribution in [3.63, 3.8) is 0 Å². The van der Waals surface area contributed by atoms with Crippen molar-refractivity contribution in [2.24, 2.45) is 5.10 Å². The Labute approximate surface area is 186 Å². The molecule has 0 radical (unpaired) electrons. The van der Waals surface area contributed by atoms with E-state index in [4.69, 9.17) is 4.74 Å². The van der Waals surface area contributed by atoms with Crippen LogP contribution in [-0.2, 0) is 9.53 Å². The van der Waals surface area contributed by atoms with Gasteiger partial charge in [-0.05, 0) is 31.2 Å². The molecule has 3 aromatic rings. The number of anilines is 1. The Balaban J connectivity index is 1.60. The zero-order chi connectivity index (χ0) is 21.5. The smallest absolute Gasteiger partial charge is 0.282 e. The number of para-hydroxylation sites is 1. The topological polar surface area (TPSA) is 80.0 Å². The third-order valence-electron chi connectivity index (χ3n) is 5.51. The standard InChI is InChI=1S/C22H20BrN5O3/c1-14-24-18-7-6-15(23)12-17(18)21(29)28(14)25-20-16-4-2-3-5-19(16)27(22(20)30)13-26-8-10-31-11-9-26/h2-7,12H,8-11,13H2,1H3/b25-20+. The SMILES string of the molecule is Cc1nc2ccc(Br)cc2c(=O)n1/N=C1/C(=O)N(CN2CCOCC2)c2ccccc21. The van der Waals surface area contributed by atoms with Crippen LogP contribution in [0.1, 0.15) is 11.4 Å². The number of morpholine rings is 1. The zero-order valence-corrected chi connectivity index (χ0v) is 18.5. The summed E-state index contributed by atoms with van der Waals surface area (Å²) in [4.78, 5) is 34.9. The summed E-state index contributed by atoms with van der Waals surface area (Å²) in [5.74, 6) is 0.192. The molecule has 0 aliphatic carbocycles. The van der Waals surface area contributed by atoms with E-state index in [0.717, 1.165) is 23.2 Å². The van der Waals surface area contributed by atoms with Crippen molar-refractivity contribution in [2.45, 2.75) is 6.92 Å². The predicted molar refractivity (Wildman–Crippen MR) is 122 cm³/mol. The number of carbonyl (C=O) groups is 1. The highest BCUT2D eigenvalue weighted by Crippen LogP contribution is 2.29. The summed E-state index contributed by atoms with van der Waals surface area (Å²) in [5.41, 5.74) is 2.02. The summed E-state index contributed by atoms with van der Waals surface area (Å²) < 4.78 is 7.41. The van der Waals surface area contributed by atoms with Gasteiger partial charge in [0.2, 0.25) is 0 Å². The summed E-state index contributed by atoms with van der Waals surface area (Å²) >= 11 is 3.40. The van der Waals surface area contributed by atoms with E-state index in [0.29, 0.717) is 42.2 Å². The maximum absolute atomic E-state index is 13.4. The Morgan fingerprint density at radius 3 is 2.71 bits per heavy atom. The molecule has 9 heteroatoms. The summed E-state index contributed by atoms with van der Waals surface area (Å²) in [7, 11) is 0. The minimum absolute atomic E-state index is 0.228. The number of aromatic nitrogens is 2. The van der Waals surface area contributed by atoms with Crippen molar-refractivity contribution in [3.05, 3.63) is 68.7 Å². The fourth-order valence-corrected chi connectivity index (χ4v) is 4.28. The minimum atomic E-state index is -0.312. The van der Waals surface area contributed by atoms with Crippen molar-refractivity contribution >= 4 is 44.1 Å². The van der Waals surface area contributed by atoms with Crippen LogP contribution in [-0.4, -0.2) is 59.2 Å². The number of hydrogen-bond acceptors (Lipinski definition) is 6. The number of rotatable bonds is 3. The first-order valence-corrected chi connectivity index (χ1v) is 10.8. The van der Waals surface area contributed by atoms with Crippen LogP contribution in [0, 0.1) is 6.92 Å². The van der Waals surface area contributed by atoms with Crippen molar-refractivity contribution < 1.29 is 9.53 Å². The molecule has 1 amide bonds. The Bertz CT molecular complexity index is 1280. The van der Waals surface area contributed by atoms with Gasteiger partial charge in [0.15, 0.2) is 5.71 Å². The Morgan fingerprint density at radius 2 is 1.90 bits per heavy atom. The maximum Gasteiger partial charge on any atom is 0.282 e. The third-order valence-corrected chi connectivity index (χ3v) is 6.01. The molecule has 31 heavy (non-hydrogen) atoms. The molecule has 0 unspecified atom stereocenters. The number of halogens is 1. The molecule has 3 heterocycles. The minimum Gasteiger partial charge on any atom is -0.379 e. The molecule has 2 aromatic carbocycles. The number of benzene rings is 2.